The Morgan fingerprint density at radius 3 is 2.17 bits per heavy atom. The zero-order chi connectivity index (χ0) is 17.2. The van der Waals surface area contributed by atoms with Gasteiger partial charge in [-0.25, -0.2) is 0 Å². The predicted octanol–water partition coefficient (Wildman–Crippen LogP) is 5.13. The quantitative estimate of drug-likeness (QED) is 0.591. The predicted molar refractivity (Wildman–Crippen MR) is 97.0 cm³/mol. The van der Waals surface area contributed by atoms with Gasteiger partial charge >= 0.3 is 0 Å². The van der Waals surface area contributed by atoms with E-state index in [1.807, 2.05) is 20.1 Å². The molecule has 23 heavy (non-hydrogen) atoms. The van der Waals surface area contributed by atoms with E-state index in [0.717, 1.165) is 28.9 Å². The third-order valence-corrected chi connectivity index (χ3v) is 3.34. The Hall–Kier alpha value is -1.74. The third kappa shape index (κ3) is 7.38. The summed E-state index contributed by atoms with van der Waals surface area (Å²) in [4.78, 5) is 0. The second-order valence-electron chi connectivity index (χ2n) is 6.31. The fourth-order valence-corrected chi connectivity index (χ4v) is 2.00. The standard InChI is InChI=1S/C20H30O3/c1-15(2)11-22-12-16(3)19-8-7-9-20(10-19)17(4)13-23-18(5)14-21-6/h7-10,12-13,15,18H,11,14H2,1-6H3/b16-12+,17-13+. The van der Waals surface area contributed by atoms with Gasteiger partial charge in [-0.05, 0) is 55.0 Å². The minimum Gasteiger partial charge on any atom is -0.501 e. The first kappa shape index (κ1) is 19.3. The summed E-state index contributed by atoms with van der Waals surface area (Å²) in [5, 5.41) is 0. The first-order chi connectivity index (χ1) is 10.9. The third-order valence-electron chi connectivity index (χ3n) is 3.34. The summed E-state index contributed by atoms with van der Waals surface area (Å²) in [6, 6.07) is 8.39. The van der Waals surface area contributed by atoms with Crippen molar-refractivity contribution in [2.75, 3.05) is 20.3 Å². The molecule has 0 aliphatic rings. The molecule has 0 aromatic heterocycles. The highest BCUT2D eigenvalue weighted by Gasteiger charge is 2.03. The minimum atomic E-state index is 0.0456. The van der Waals surface area contributed by atoms with Crippen molar-refractivity contribution in [2.24, 2.45) is 5.92 Å². The van der Waals surface area contributed by atoms with Crippen LogP contribution in [0.5, 0.6) is 0 Å². The van der Waals surface area contributed by atoms with E-state index in [4.69, 9.17) is 14.2 Å². The molecule has 128 valence electrons. The summed E-state index contributed by atoms with van der Waals surface area (Å²) in [5.74, 6) is 0.529. The molecule has 1 aromatic carbocycles. The van der Waals surface area contributed by atoms with Crippen LogP contribution < -0.4 is 0 Å². The Bertz CT molecular complexity index is 529. The van der Waals surface area contributed by atoms with Gasteiger partial charge in [-0.3, -0.25) is 0 Å². The lowest BCUT2D eigenvalue weighted by atomic mass is 10.0. The number of rotatable bonds is 9. The van der Waals surface area contributed by atoms with Crippen LogP contribution in [0.25, 0.3) is 11.1 Å². The lowest BCUT2D eigenvalue weighted by Gasteiger charge is -2.12. The number of hydrogen-bond donors (Lipinski definition) is 0. The molecule has 1 rings (SSSR count). The topological polar surface area (TPSA) is 27.7 Å². The summed E-state index contributed by atoms with van der Waals surface area (Å²) in [6.45, 7) is 11.7. The van der Waals surface area contributed by atoms with Crippen molar-refractivity contribution < 1.29 is 14.2 Å². The molecule has 0 saturated carbocycles. The molecule has 0 bridgehead atoms. The van der Waals surface area contributed by atoms with Crippen LogP contribution >= 0.6 is 0 Å². The maximum absolute atomic E-state index is 5.66. The number of allylic oxidation sites excluding steroid dienone is 2. The van der Waals surface area contributed by atoms with Crippen molar-refractivity contribution in [1.29, 1.82) is 0 Å². The second-order valence-corrected chi connectivity index (χ2v) is 6.31. The average molecular weight is 318 g/mol. The summed E-state index contributed by atoms with van der Waals surface area (Å²) < 4.78 is 16.3. The lowest BCUT2D eigenvalue weighted by Crippen LogP contribution is -2.11. The number of methoxy groups -OCH3 is 1. The summed E-state index contributed by atoms with van der Waals surface area (Å²) in [6.07, 6.45) is 3.69. The first-order valence-electron chi connectivity index (χ1n) is 8.14. The van der Waals surface area contributed by atoms with E-state index < -0.39 is 0 Å². The van der Waals surface area contributed by atoms with Crippen molar-refractivity contribution in [3.8, 4) is 0 Å². The summed E-state index contributed by atoms with van der Waals surface area (Å²) in [5.41, 5.74) is 4.51. The maximum atomic E-state index is 5.66. The molecule has 0 N–H and O–H groups in total. The molecule has 0 saturated heterocycles. The molecule has 0 amide bonds. The van der Waals surface area contributed by atoms with Crippen LogP contribution in [0.3, 0.4) is 0 Å². The molecule has 3 nitrogen and oxygen atoms in total. The van der Waals surface area contributed by atoms with Gasteiger partial charge in [-0.2, -0.15) is 0 Å². The Morgan fingerprint density at radius 1 is 1.00 bits per heavy atom. The zero-order valence-electron chi connectivity index (χ0n) is 15.3. The van der Waals surface area contributed by atoms with E-state index >= 15 is 0 Å². The van der Waals surface area contributed by atoms with Crippen LogP contribution in [-0.4, -0.2) is 26.4 Å². The van der Waals surface area contributed by atoms with Gasteiger partial charge in [0, 0.05) is 7.11 Å². The SMILES string of the molecule is COCC(C)O/C=C(\C)c1cccc(/C(C)=C/OCC(C)C)c1. The van der Waals surface area contributed by atoms with Gasteiger partial charge in [0.2, 0.25) is 0 Å². The van der Waals surface area contributed by atoms with Gasteiger partial charge in [0.1, 0.15) is 6.10 Å². The second kappa shape index (κ2) is 10.1. The van der Waals surface area contributed by atoms with Crippen molar-refractivity contribution in [3.63, 3.8) is 0 Å². The van der Waals surface area contributed by atoms with Crippen LogP contribution in [0.2, 0.25) is 0 Å². The minimum absolute atomic E-state index is 0.0456. The Labute approximate surface area is 141 Å². The van der Waals surface area contributed by atoms with Crippen molar-refractivity contribution in [1.82, 2.24) is 0 Å². The van der Waals surface area contributed by atoms with Crippen LogP contribution in [0.1, 0.15) is 45.7 Å². The van der Waals surface area contributed by atoms with E-state index in [0.29, 0.717) is 12.5 Å². The van der Waals surface area contributed by atoms with Gasteiger partial charge in [0.25, 0.3) is 0 Å². The lowest BCUT2D eigenvalue weighted by molar-refractivity contribution is 0.0638. The fourth-order valence-electron chi connectivity index (χ4n) is 2.00. The van der Waals surface area contributed by atoms with E-state index in [1.165, 1.54) is 0 Å². The molecule has 0 aliphatic carbocycles. The van der Waals surface area contributed by atoms with Crippen molar-refractivity contribution in [2.45, 2.75) is 40.7 Å². The smallest absolute Gasteiger partial charge is 0.118 e. The normalized spacial score (nSPS) is 14.0. The van der Waals surface area contributed by atoms with E-state index in [1.54, 1.807) is 13.4 Å². The number of benzene rings is 1. The molecule has 1 aromatic rings. The summed E-state index contributed by atoms with van der Waals surface area (Å²) in [7, 11) is 1.68. The van der Waals surface area contributed by atoms with Gasteiger partial charge in [0.15, 0.2) is 0 Å². The van der Waals surface area contributed by atoms with Gasteiger partial charge in [0.05, 0.1) is 25.7 Å². The monoisotopic (exact) mass is 318 g/mol. The highest BCUT2D eigenvalue weighted by Crippen LogP contribution is 2.21. The number of hydrogen-bond acceptors (Lipinski definition) is 3. The molecule has 0 radical (unpaired) electrons. The molecule has 0 heterocycles. The first-order valence-corrected chi connectivity index (χ1v) is 8.14. The van der Waals surface area contributed by atoms with Crippen LogP contribution in [0.15, 0.2) is 36.8 Å². The zero-order valence-corrected chi connectivity index (χ0v) is 15.3. The number of ether oxygens (including phenoxy) is 3. The van der Waals surface area contributed by atoms with Gasteiger partial charge in [-0.15, -0.1) is 0 Å². The van der Waals surface area contributed by atoms with Crippen molar-refractivity contribution in [3.05, 3.63) is 47.9 Å². The molecule has 1 atom stereocenters. The van der Waals surface area contributed by atoms with Gasteiger partial charge < -0.3 is 14.2 Å². The van der Waals surface area contributed by atoms with Crippen LogP contribution in [0, 0.1) is 5.92 Å². The highest BCUT2D eigenvalue weighted by molar-refractivity contribution is 5.70. The Morgan fingerprint density at radius 2 is 1.61 bits per heavy atom. The maximum Gasteiger partial charge on any atom is 0.118 e. The molecule has 3 heteroatoms. The average Bonchev–Trinajstić information content (AvgIpc) is 2.52. The fraction of sp³-hybridized carbons (Fsp3) is 0.500. The molecule has 0 spiro atoms. The van der Waals surface area contributed by atoms with Crippen LogP contribution in [0.4, 0.5) is 0 Å². The molecule has 1 unspecified atom stereocenters. The Kier molecular flexibility index (Phi) is 8.49. The van der Waals surface area contributed by atoms with E-state index in [9.17, 15) is 0 Å². The van der Waals surface area contributed by atoms with Crippen molar-refractivity contribution >= 4 is 11.1 Å². The van der Waals surface area contributed by atoms with E-state index in [2.05, 4.69) is 45.0 Å². The van der Waals surface area contributed by atoms with Crippen LogP contribution in [-0.2, 0) is 14.2 Å². The molecular formula is C20H30O3. The Balaban J connectivity index is 2.77. The summed E-state index contributed by atoms with van der Waals surface area (Å²) >= 11 is 0. The molecule has 0 fully saturated rings. The largest absolute Gasteiger partial charge is 0.501 e. The van der Waals surface area contributed by atoms with Gasteiger partial charge in [-0.1, -0.05) is 32.0 Å². The molecular weight excluding hydrogens is 288 g/mol. The van der Waals surface area contributed by atoms with E-state index in [-0.39, 0.29) is 6.10 Å². The highest BCUT2D eigenvalue weighted by atomic mass is 16.5. The molecule has 0 aliphatic heterocycles.